The summed E-state index contributed by atoms with van der Waals surface area (Å²) in [5, 5.41) is 8.67. The van der Waals surface area contributed by atoms with Gasteiger partial charge in [0.25, 0.3) is 0 Å². The minimum atomic E-state index is -2.49. The van der Waals surface area contributed by atoms with E-state index in [1.54, 1.807) is 6.07 Å². The van der Waals surface area contributed by atoms with E-state index in [2.05, 4.69) is 20.7 Å². The van der Waals surface area contributed by atoms with Gasteiger partial charge >= 0.3 is 0 Å². The lowest BCUT2D eigenvalue weighted by atomic mass is 10.2. The Labute approximate surface area is 77.7 Å². The van der Waals surface area contributed by atoms with Crippen LogP contribution in [0.2, 0.25) is 0 Å². The molecule has 0 aliphatic carbocycles. The number of hydrogen-bond donors (Lipinski definition) is 0. The highest BCUT2D eigenvalue weighted by molar-refractivity contribution is 9.10. The van der Waals surface area contributed by atoms with Gasteiger partial charge in [-0.05, 0) is 34.1 Å². The molecule has 1 rings (SSSR count). The Bertz CT molecular complexity index is 383. The van der Waals surface area contributed by atoms with E-state index in [-0.39, 0.29) is 5.75 Å². The molecule has 1 aromatic carbocycles. The molecule has 0 bridgehead atoms. The van der Waals surface area contributed by atoms with E-state index in [1.165, 1.54) is 12.1 Å². The molecule has 0 heterocycles. The molecule has 0 radical (unpaired) electrons. The SMILES string of the molecule is [2H]C([2H])([2H])Oc1ccc(Br)c(C#N)c1. The quantitative estimate of drug-likeness (QED) is 0.720. The number of nitriles is 1. The minimum Gasteiger partial charge on any atom is -0.497 e. The molecular weight excluding hydrogens is 206 g/mol. The summed E-state index contributed by atoms with van der Waals surface area (Å²) in [5.41, 5.74) is 0.340. The zero-order chi connectivity index (χ0) is 10.8. The van der Waals surface area contributed by atoms with Gasteiger partial charge in [-0.2, -0.15) is 5.26 Å². The Morgan fingerprint density at radius 2 is 2.55 bits per heavy atom. The number of hydrogen-bond acceptors (Lipinski definition) is 2. The molecule has 0 aromatic heterocycles. The fourth-order valence-corrected chi connectivity index (χ4v) is 0.989. The Balaban J connectivity index is 2.97. The molecule has 0 fully saturated rings. The number of methoxy groups -OCH3 is 1. The van der Waals surface area contributed by atoms with Crippen molar-refractivity contribution in [3.05, 3.63) is 28.2 Å². The summed E-state index contributed by atoms with van der Waals surface area (Å²) in [4.78, 5) is 0. The summed E-state index contributed by atoms with van der Waals surface area (Å²) in [6.07, 6.45) is 0. The molecule has 56 valence electrons. The van der Waals surface area contributed by atoms with Crippen LogP contribution < -0.4 is 4.74 Å². The number of halogens is 1. The van der Waals surface area contributed by atoms with Crippen LogP contribution in [0.5, 0.6) is 5.75 Å². The second-order valence-corrected chi connectivity index (χ2v) is 2.71. The molecule has 0 aliphatic rings. The molecule has 0 atom stereocenters. The third-order valence-corrected chi connectivity index (χ3v) is 1.87. The van der Waals surface area contributed by atoms with E-state index in [9.17, 15) is 0 Å². The summed E-state index contributed by atoms with van der Waals surface area (Å²) in [6.45, 7) is 0. The summed E-state index contributed by atoms with van der Waals surface area (Å²) in [6, 6.07) is 6.33. The molecule has 0 saturated heterocycles. The molecule has 11 heavy (non-hydrogen) atoms. The zero-order valence-corrected chi connectivity index (χ0v) is 7.05. The van der Waals surface area contributed by atoms with Crippen LogP contribution in [0.3, 0.4) is 0 Å². The number of nitrogens with zero attached hydrogens (tertiary/aromatic N) is 1. The van der Waals surface area contributed by atoms with E-state index >= 15 is 0 Å². The largest absolute Gasteiger partial charge is 0.497 e. The first-order valence-corrected chi connectivity index (χ1v) is 3.60. The molecule has 0 saturated carbocycles. The normalized spacial score (nSPS) is 14.0. The second-order valence-electron chi connectivity index (χ2n) is 1.86. The van der Waals surface area contributed by atoms with Gasteiger partial charge in [0.2, 0.25) is 0 Å². The molecule has 2 nitrogen and oxygen atoms in total. The second kappa shape index (κ2) is 3.40. The van der Waals surface area contributed by atoms with Crippen LogP contribution in [0, 0.1) is 11.3 Å². The van der Waals surface area contributed by atoms with E-state index in [1.807, 2.05) is 6.07 Å². The molecule has 1 aromatic rings. The Kier molecular flexibility index (Phi) is 1.48. The van der Waals surface area contributed by atoms with Crippen molar-refractivity contribution >= 4 is 15.9 Å². The Morgan fingerprint density at radius 3 is 3.18 bits per heavy atom. The highest BCUT2D eigenvalue weighted by atomic mass is 79.9. The molecule has 0 unspecified atom stereocenters. The summed E-state index contributed by atoms with van der Waals surface area (Å²) >= 11 is 3.15. The van der Waals surface area contributed by atoms with Crippen LogP contribution in [0.15, 0.2) is 22.7 Å². The van der Waals surface area contributed by atoms with Crippen molar-refractivity contribution in [3.8, 4) is 11.8 Å². The van der Waals surface area contributed by atoms with Crippen molar-refractivity contribution in [1.82, 2.24) is 0 Å². The van der Waals surface area contributed by atoms with Crippen molar-refractivity contribution in [2.45, 2.75) is 0 Å². The third kappa shape index (κ3) is 1.72. The van der Waals surface area contributed by atoms with Crippen LogP contribution in [0.1, 0.15) is 9.68 Å². The molecule has 0 N–H and O–H groups in total. The van der Waals surface area contributed by atoms with Crippen LogP contribution in [-0.2, 0) is 0 Å². The predicted molar refractivity (Wildman–Crippen MR) is 45.4 cm³/mol. The van der Waals surface area contributed by atoms with Crippen LogP contribution in [0.25, 0.3) is 0 Å². The van der Waals surface area contributed by atoms with E-state index in [0.29, 0.717) is 10.0 Å². The highest BCUT2D eigenvalue weighted by Gasteiger charge is 1.99. The molecule has 0 spiro atoms. The average molecular weight is 215 g/mol. The summed E-state index contributed by atoms with van der Waals surface area (Å²) < 4.78 is 25.8. The standard InChI is InChI=1S/C8H6BrNO/c1-11-7-2-3-8(9)6(4-7)5-10/h2-4H,1H3/i1D3. The summed E-state index contributed by atoms with van der Waals surface area (Å²) in [5.74, 6) is 0.157. The van der Waals surface area contributed by atoms with Gasteiger partial charge in [0.15, 0.2) is 0 Å². The van der Waals surface area contributed by atoms with Crippen LogP contribution in [0.4, 0.5) is 0 Å². The van der Waals surface area contributed by atoms with Gasteiger partial charge in [0.05, 0.1) is 16.7 Å². The monoisotopic (exact) mass is 214 g/mol. The Morgan fingerprint density at radius 1 is 1.73 bits per heavy atom. The van der Waals surface area contributed by atoms with Gasteiger partial charge in [-0.15, -0.1) is 0 Å². The lowest BCUT2D eigenvalue weighted by Gasteiger charge is -1.99. The first-order valence-electron chi connectivity index (χ1n) is 4.31. The number of benzene rings is 1. The van der Waals surface area contributed by atoms with Gasteiger partial charge in [-0.25, -0.2) is 0 Å². The smallest absolute Gasteiger partial charge is 0.120 e. The minimum absolute atomic E-state index is 0.157. The average Bonchev–Trinajstić information content (AvgIpc) is 2.06. The van der Waals surface area contributed by atoms with Gasteiger partial charge in [-0.1, -0.05) is 0 Å². The third-order valence-electron chi connectivity index (χ3n) is 1.18. The fourth-order valence-electron chi connectivity index (χ4n) is 0.654. The lowest BCUT2D eigenvalue weighted by Crippen LogP contribution is -1.84. The predicted octanol–water partition coefficient (Wildman–Crippen LogP) is 2.33. The van der Waals surface area contributed by atoms with Gasteiger partial charge < -0.3 is 4.74 Å². The van der Waals surface area contributed by atoms with Crippen LogP contribution >= 0.6 is 15.9 Å². The van der Waals surface area contributed by atoms with E-state index in [0.717, 1.165) is 0 Å². The highest BCUT2D eigenvalue weighted by Crippen LogP contribution is 2.21. The maximum atomic E-state index is 8.67. The van der Waals surface area contributed by atoms with Crippen LogP contribution in [-0.4, -0.2) is 7.04 Å². The molecule has 3 heteroatoms. The maximum Gasteiger partial charge on any atom is 0.120 e. The van der Waals surface area contributed by atoms with Crippen molar-refractivity contribution in [3.63, 3.8) is 0 Å². The molecule has 0 amide bonds. The van der Waals surface area contributed by atoms with E-state index in [4.69, 9.17) is 9.37 Å². The van der Waals surface area contributed by atoms with Gasteiger partial charge in [0, 0.05) is 4.47 Å². The first-order chi connectivity index (χ1) is 6.42. The number of ether oxygens (including phenoxy) is 1. The lowest BCUT2D eigenvalue weighted by molar-refractivity contribution is 0.414. The van der Waals surface area contributed by atoms with Crippen molar-refractivity contribution < 1.29 is 8.85 Å². The van der Waals surface area contributed by atoms with Crippen molar-refractivity contribution in [2.75, 3.05) is 7.04 Å². The van der Waals surface area contributed by atoms with E-state index < -0.39 is 7.04 Å². The fraction of sp³-hybridized carbons (Fsp3) is 0.125. The topological polar surface area (TPSA) is 33.0 Å². The zero-order valence-electron chi connectivity index (χ0n) is 8.47. The van der Waals surface area contributed by atoms with Crippen molar-refractivity contribution in [2.24, 2.45) is 0 Å². The number of rotatable bonds is 1. The van der Waals surface area contributed by atoms with Gasteiger partial charge in [0.1, 0.15) is 11.8 Å². The Hall–Kier alpha value is -1.01. The molecule has 0 aliphatic heterocycles. The first kappa shape index (κ1) is 4.78. The summed E-state index contributed by atoms with van der Waals surface area (Å²) in [7, 11) is -2.49. The van der Waals surface area contributed by atoms with Crippen molar-refractivity contribution in [1.29, 1.82) is 5.26 Å². The maximum absolute atomic E-state index is 8.67. The van der Waals surface area contributed by atoms with Gasteiger partial charge in [-0.3, -0.25) is 0 Å². The molecular formula is C8H6BrNO.